The summed E-state index contributed by atoms with van der Waals surface area (Å²) in [7, 11) is 0. The number of nitrogens with one attached hydrogen (secondary N) is 1. The Morgan fingerprint density at radius 3 is 2.56 bits per heavy atom. The van der Waals surface area contributed by atoms with Crippen LogP contribution in [-0.2, 0) is 11.3 Å². The van der Waals surface area contributed by atoms with Crippen molar-refractivity contribution in [1.29, 1.82) is 0 Å². The van der Waals surface area contributed by atoms with Crippen LogP contribution in [0.15, 0.2) is 48.9 Å². The van der Waals surface area contributed by atoms with Crippen molar-refractivity contribution in [2.75, 3.05) is 13.1 Å². The monoisotopic (exact) mass is 366 g/mol. The largest absolute Gasteiger partial charge is 0.347 e. The third-order valence-electron chi connectivity index (χ3n) is 5.21. The van der Waals surface area contributed by atoms with Gasteiger partial charge in [-0.2, -0.15) is 0 Å². The molecule has 2 aromatic heterocycles. The number of piperidine rings is 1. The van der Waals surface area contributed by atoms with Gasteiger partial charge >= 0.3 is 0 Å². The van der Waals surface area contributed by atoms with E-state index < -0.39 is 5.41 Å². The van der Waals surface area contributed by atoms with Crippen LogP contribution in [0.1, 0.15) is 50.9 Å². The molecule has 5 nitrogen and oxygen atoms in total. The molecule has 0 aliphatic carbocycles. The lowest BCUT2D eigenvalue weighted by atomic mass is 9.85. The van der Waals surface area contributed by atoms with Crippen molar-refractivity contribution in [3.63, 3.8) is 0 Å². The second-order valence-electron chi connectivity index (χ2n) is 8.43. The fourth-order valence-electron chi connectivity index (χ4n) is 3.55. The Hall–Kier alpha value is -2.27. The van der Waals surface area contributed by atoms with Crippen LogP contribution >= 0.6 is 0 Å². The predicted octanol–water partition coefficient (Wildman–Crippen LogP) is 3.59. The lowest BCUT2D eigenvalue weighted by Crippen LogP contribution is -2.44. The summed E-state index contributed by atoms with van der Waals surface area (Å²) in [5.41, 5.74) is 1.80. The van der Waals surface area contributed by atoms with E-state index in [0.29, 0.717) is 5.92 Å². The van der Waals surface area contributed by atoms with E-state index in [1.807, 2.05) is 63.6 Å². The number of carbonyl (C=O) groups is 1. The maximum absolute atomic E-state index is 12.6. The Kier molecular flexibility index (Phi) is 6.22. The quantitative estimate of drug-likeness (QED) is 0.878. The molecule has 0 aromatic carbocycles. The van der Waals surface area contributed by atoms with Crippen LogP contribution in [0.2, 0.25) is 0 Å². The molecule has 1 atom stereocenters. The molecule has 0 saturated carbocycles. The number of nitrogens with zero attached hydrogens (tertiary/aromatic N) is 3. The second kappa shape index (κ2) is 8.61. The predicted molar refractivity (Wildman–Crippen MR) is 107 cm³/mol. The first-order valence-corrected chi connectivity index (χ1v) is 9.76. The highest BCUT2D eigenvalue weighted by Crippen LogP contribution is 2.31. The molecule has 1 aliphatic heterocycles. The highest BCUT2D eigenvalue weighted by molar-refractivity contribution is 5.81. The van der Waals surface area contributed by atoms with Crippen LogP contribution in [0.3, 0.4) is 0 Å². The van der Waals surface area contributed by atoms with Crippen molar-refractivity contribution >= 4 is 5.91 Å². The highest BCUT2D eigenvalue weighted by Gasteiger charge is 2.32. The Labute approximate surface area is 162 Å². The van der Waals surface area contributed by atoms with Crippen LogP contribution in [0.25, 0.3) is 0 Å². The summed E-state index contributed by atoms with van der Waals surface area (Å²) in [5, 5.41) is 3.28. The fourth-order valence-corrected chi connectivity index (χ4v) is 3.55. The molecule has 1 N–H and O–H groups in total. The average molecular weight is 367 g/mol. The van der Waals surface area contributed by atoms with E-state index in [2.05, 4.69) is 26.3 Å². The molecule has 1 amide bonds. The van der Waals surface area contributed by atoms with Crippen molar-refractivity contribution in [2.24, 2.45) is 11.3 Å². The summed E-state index contributed by atoms with van der Waals surface area (Å²) in [6.07, 6.45) is 7.65. The van der Waals surface area contributed by atoms with Crippen LogP contribution in [0.5, 0.6) is 0 Å². The number of aromatic nitrogens is 2. The van der Waals surface area contributed by atoms with Gasteiger partial charge in [0.05, 0.1) is 11.7 Å². The second-order valence-corrected chi connectivity index (χ2v) is 8.43. The summed E-state index contributed by atoms with van der Waals surface area (Å²) < 4.78 is 0. The van der Waals surface area contributed by atoms with E-state index in [1.54, 1.807) is 0 Å². The van der Waals surface area contributed by atoms with Gasteiger partial charge in [0, 0.05) is 30.6 Å². The van der Waals surface area contributed by atoms with Crippen LogP contribution < -0.4 is 5.32 Å². The van der Waals surface area contributed by atoms with Gasteiger partial charge in [0.1, 0.15) is 0 Å². The minimum Gasteiger partial charge on any atom is -0.347 e. The Balaban J connectivity index is 1.66. The zero-order valence-corrected chi connectivity index (χ0v) is 16.6. The van der Waals surface area contributed by atoms with E-state index in [9.17, 15) is 4.79 Å². The molecular formula is C22H30N4O. The van der Waals surface area contributed by atoms with Crippen molar-refractivity contribution in [3.05, 3.63) is 60.2 Å². The third kappa shape index (κ3) is 5.36. The molecule has 3 rings (SSSR count). The van der Waals surface area contributed by atoms with Gasteiger partial charge in [-0.05, 0) is 55.6 Å². The topological polar surface area (TPSA) is 58.1 Å². The molecule has 0 spiro atoms. The number of pyridine rings is 2. The van der Waals surface area contributed by atoms with Crippen molar-refractivity contribution in [3.8, 4) is 0 Å². The minimum absolute atomic E-state index is 0.0292. The Morgan fingerprint density at radius 2 is 1.96 bits per heavy atom. The van der Waals surface area contributed by atoms with Gasteiger partial charge in [-0.1, -0.05) is 32.9 Å². The van der Waals surface area contributed by atoms with E-state index in [1.165, 1.54) is 5.56 Å². The summed E-state index contributed by atoms with van der Waals surface area (Å²) in [6, 6.07) is 10.0. The van der Waals surface area contributed by atoms with Crippen LogP contribution in [0, 0.1) is 11.3 Å². The van der Waals surface area contributed by atoms with E-state index >= 15 is 0 Å². The zero-order valence-electron chi connectivity index (χ0n) is 16.6. The minimum atomic E-state index is -0.409. The number of likely N-dealkylation sites (tertiary alicyclic amines) is 1. The van der Waals surface area contributed by atoms with Crippen molar-refractivity contribution in [1.82, 2.24) is 20.2 Å². The van der Waals surface area contributed by atoms with Crippen molar-refractivity contribution < 1.29 is 4.79 Å². The highest BCUT2D eigenvalue weighted by atomic mass is 16.2. The van der Waals surface area contributed by atoms with Gasteiger partial charge < -0.3 is 5.32 Å². The lowest BCUT2D eigenvalue weighted by molar-refractivity contribution is -0.129. The van der Waals surface area contributed by atoms with Gasteiger partial charge in [-0.25, -0.2) is 0 Å². The molecule has 2 aromatic rings. The summed E-state index contributed by atoms with van der Waals surface area (Å²) in [4.78, 5) is 23.9. The molecule has 144 valence electrons. The number of carbonyl (C=O) groups excluding carboxylic acids is 1. The SMILES string of the molecule is CC(C)(C)C(=O)N[C@H](c1ccccn1)C1CCN(Cc2cccnc2)CC1. The third-order valence-corrected chi connectivity index (χ3v) is 5.21. The van der Waals surface area contributed by atoms with Gasteiger partial charge in [0.2, 0.25) is 5.91 Å². The number of amides is 1. The maximum Gasteiger partial charge on any atom is 0.225 e. The molecule has 1 saturated heterocycles. The van der Waals surface area contributed by atoms with E-state index in [4.69, 9.17) is 0 Å². The van der Waals surface area contributed by atoms with Gasteiger partial charge in [0.25, 0.3) is 0 Å². The molecule has 0 radical (unpaired) electrons. The number of hydrogen-bond acceptors (Lipinski definition) is 4. The van der Waals surface area contributed by atoms with E-state index in [0.717, 1.165) is 38.2 Å². The molecule has 3 heterocycles. The smallest absolute Gasteiger partial charge is 0.225 e. The lowest BCUT2D eigenvalue weighted by Gasteiger charge is -2.37. The summed E-state index contributed by atoms with van der Waals surface area (Å²) in [6.45, 7) is 8.84. The van der Waals surface area contributed by atoms with Crippen LogP contribution in [0.4, 0.5) is 0 Å². The van der Waals surface area contributed by atoms with Crippen molar-refractivity contribution in [2.45, 2.75) is 46.2 Å². The van der Waals surface area contributed by atoms with Gasteiger partial charge in [-0.15, -0.1) is 0 Å². The summed E-state index contributed by atoms with van der Waals surface area (Å²) in [5.74, 6) is 0.479. The standard InChI is InChI=1S/C22H30N4O/c1-22(2,3)21(27)25-20(19-8-4-5-12-24-19)18-9-13-26(14-10-18)16-17-7-6-11-23-15-17/h4-8,11-12,15,18,20H,9-10,13-14,16H2,1-3H3,(H,25,27)/t20-/m0/s1. The molecule has 5 heteroatoms. The average Bonchev–Trinajstić information content (AvgIpc) is 2.67. The zero-order chi connectivity index (χ0) is 19.3. The maximum atomic E-state index is 12.6. The molecule has 0 bridgehead atoms. The molecule has 1 aliphatic rings. The Morgan fingerprint density at radius 1 is 1.19 bits per heavy atom. The van der Waals surface area contributed by atoms with Gasteiger partial charge in [0.15, 0.2) is 0 Å². The molecule has 1 fully saturated rings. The molecule has 0 unspecified atom stereocenters. The first-order valence-electron chi connectivity index (χ1n) is 9.76. The molecule has 27 heavy (non-hydrogen) atoms. The Bertz CT molecular complexity index is 719. The normalized spacial score (nSPS) is 17.4. The van der Waals surface area contributed by atoms with Gasteiger partial charge in [-0.3, -0.25) is 19.7 Å². The number of rotatable bonds is 5. The first-order chi connectivity index (χ1) is 12.9. The number of hydrogen-bond donors (Lipinski definition) is 1. The first kappa shape index (κ1) is 19.5. The summed E-state index contributed by atoms with van der Waals surface area (Å²) >= 11 is 0. The van der Waals surface area contributed by atoms with Crippen LogP contribution in [-0.4, -0.2) is 33.9 Å². The molecular weight excluding hydrogens is 336 g/mol. The van der Waals surface area contributed by atoms with E-state index in [-0.39, 0.29) is 11.9 Å². The fraction of sp³-hybridized carbons (Fsp3) is 0.500.